The van der Waals surface area contributed by atoms with Gasteiger partial charge in [-0.1, -0.05) is 47.5 Å². The molecule has 0 unspecified atom stereocenters. The van der Waals surface area contributed by atoms with Gasteiger partial charge in [0, 0.05) is 26.4 Å². The largest absolute Gasteiger partial charge is 0.512 e. The molecule has 0 aliphatic carbocycles. The standard InChI is InChI=1S/C27H22Cl2N2O6S2/c1-16(32)26(17(2)33)24-15-25(30-38(34,35)20-11-7-18(28)8-12-20)22-5-3-4-6-23(22)27(24)31-39(36,37)21-13-9-19(29)10-14-21/h3-15,30-32H,1-2H3. The van der Waals surface area contributed by atoms with Gasteiger partial charge in [0.2, 0.25) is 0 Å². The normalized spacial score (nSPS) is 12.6. The van der Waals surface area contributed by atoms with E-state index in [0.717, 1.165) is 0 Å². The second-order valence-electron chi connectivity index (χ2n) is 8.53. The summed E-state index contributed by atoms with van der Waals surface area (Å²) in [6, 6.07) is 18.8. The first-order valence-corrected chi connectivity index (χ1v) is 15.1. The Hall–Kier alpha value is -3.57. The van der Waals surface area contributed by atoms with E-state index in [1.54, 1.807) is 24.3 Å². The number of benzene rings is 4. The van der Waals surface area contributed by atoms with Gasteiger partial charge < -0.3 is 5.11 Å². The minimum absolute atomic E-state index is 0.0198. The molecule has 0 amide bonds. The Kier molecular flexibility index (Phi) is 7.94. The van der Waals surface area contributed by atoms with Gasteiger partial charge in [-0.05, 0) is 68.4 Å². The molecule has 0 fully saturated rings. The lowest BCUT2D eigenvalue weighted by Gasteiger charge is -2.20. The van der Waals surface area contributed by atoms with Crippen molar-refractivity contribution in [1.29, 1.82) is 0 Å². The number of Topliss-reactive ketones (excluding diaryl/α,β-unsaturated/α-hetero) is 1. The van der Waals surface area contributed by atoms with Crippen molar-refractivity contribution >= 4 is 76.8 Å². The van der Waals surface area contributed by atoms with Crippen LogP contribution in [-0.2, 0) is 24.8 Å². The number of aliphatic hydroxyl groups is 1. The number of aliphatic hydroxyl groups excluding tert-OH is 1. The SMILES string of the molecule is CC(=O)C(=C(C)O)c1cc(NS(=O)(=O)c2ccc(Cl)cc2)c2ccccc2c1NS(=O)(=O)c1ccc(Cl)cc1. The number of hydrogen-bond donors (Lipinski definition) is 3. The van der Waals surface area contributed by atoms with Crippen LogP contribution in [0.25, 0.3) is 16.3 Å². The van der Waals surface area contributed by atoms with Gasteiger partial charge in [0.25, 0.3) is 20.0 Å². The van der Waals surface area contributed by atoms with Gasteiger partial charge in [0.15, 0.2) is 5.78 Å². The molecule has 0 saturated heterocycles. The molecule has 0 aliphatic rings. The number of halogens is 2. The third-order valence-electron chi connectivity index (χ3n) is 5.76. The quantitative estimate of drug-likeness (QED) is 0.153. The van der Waals surface area contributed by atoms with Crippen molar-refractivity contribution in [3.63, 3.8) is 0 Å². The Morgan fingerprint density at radius 3 is 1.64 bits per heavy atom. The van der Waals surface area contributed by atoms with Crippen molar-refractivity contribution in [2.45, 2.75) is 23.6 Å². The lowest BCUT2D eigenvalue weighted by Crippen LogP contribution is -2.17. The summed E-state index contributed by atoms with van der Waals surface area (Å²) in [7, 11) is -8.32. The number of sulfonamides is 2. The molecule has 0 bridgehead atoms. The summed E-state index contributed by atoms with van der Waals surface area (Å²) < 4.78 is 58.2. The van der Waals surface area contributed by atoms with Crippen molar-refractivity contribution in [1.82, 2.24) is 0 Å². The Morgan fingerprint density at radius 2 is 1.18 bits per heavy atom. The average molecular weight is 606 g/mol. The molecule has 4 aromatic carbocycles. The fraction of sp³-hybridized carbons (Fsp3) is 0.0741. The highest BCUT2D eigenvalue weighted by Crippen LogP contribution is 2.40. The van der Waals surface area contributed by atoms with Crippen molar-refractivity contribution in [3.8, 4) is 0 Å². The molecule has 0 atom stereocenters. The molecule has 12 heteroatoms. The number of ketones is 1. The molecule has 0 radical (unpaired) electrons. The van der Waals surface area contributed by atoms with E-state index in [1.807, 2.05) is 0 Å². The van der Waals surface area contributed by atoms with Crippen LogP contribution < -0.4 is 9.44 Å². The molecule has 202 valence electrons. The predicted octanol–water partition coefficient (Wildman–Crippen LogP) is 6.63. The number of anilines is 2. The van der Waals surface area contributed by atoms with Crippen LogP contribution in [0.3, 0.4) is 0 Å². The van der Waals surface area contributed by atoms with Crippen LogP contribution in [0.2, 0.25) is 10.0 Å². The van der Waals surface area contributed by atoms with Crippen LogP contribution in [0, 0.1) is 0 Å². The van der Waals surface area contributed by atoms with Crippen molar-refractivity contribution in [2.24, 2.45) is 0 Å². The number of fused-ring (bicyclic) bond motifs is 1. The highest BCUT2D eigenvalue weighted by molar-refractivity contribution is 7.93. The van der Waals surface area contributed by atoms with E-state index in [9.17, 15) is 26.7 Å². The first kappa shape index (κ1) is 28.4. The Bertz CT molecular complexity index is 1830. The Labute approximate surface area is 236 Å². The topological polar surface area (TPSA) is 130 Å². The molecule has 8 nitrogen and oxygen atoms in total. The third-order valence-corrected chi connectivity index (χ3v) is 9.01. The van der Waals surface area contributed by atoms with Crippen LogP contribution >= 0.6 is 23.2 Å². The molecule has 4 rings (SSSR count). The van der Waals surface area contributed by atoms with E-state index in [0.29, 0.717) is 15.4 Å². The number of carbonyl (C=O) groups is 1. The minimum atomic E-state index is -4.20. The zero-order valence-electron chi connectivity index (χ0n) is 20.6. The van der Waals surface area contributed by atoms with Gasteiger partial charge in [-0.2, -0.15) is 0 Å². The molecule has 0 aliphatic heterocycles. The number of nitrogens with one attached hydrogen (secondary N) is 2. The maximum absolute atomic E-state index is 13.4. The first-order valence-electron chi connectivity index (χ1n) is 11.3. The van der Waals surface area contributed by atoms with Crippen LogP contribution in [0.4, 0.5) is 11.4 Å². The molecule has 0 heterocycles. The average Bonchev–Trinajstić information content (AvgIpc) is 2.86. The number of hydrogen-bond acceptors (Lipinski definition) is 6. The predicted molar refractivity (Wildman–Crippen MR) is 154 cm³/mol. The highest BCUT2D eigenvalue weighted by atomic mass is 35.5. The monoisotopic (exact) mass is 604 g/mol. The lowest BCUT2D eigenvalue weighted by molar-refractivity contribution is -0.111. The highest BCUT2D eigenvalue weighted by Gasteiger charge is 2.26. The fourth-order valence-corrected chi connectivity index (χ4v) is 6.45. The fourth-order valence-electron chi connectivity index (χ4n) is 4.03. The second kappa shape index (κ2) is 10.9. The van der Waals surface area contributed by atoms with E-state index < -0.39 is 25.8 Å². The van der Waals surface area contributed by atoms with Crippen LogP contribution in [0.15, 0.2) is 94.4 Å². The van der Waals surface area contributed by atoms with Crippen LogP contribution in [0.1, 0.15) is 19.4 Å². The third kappa shape index (κ3) is 6.04. The number of rotatable bonds is 8. The molecule has 39 heavy (non-hydrogen) atoms. The van der Waals surface area contributed by atoms with Crippen molar-refractivity contribution in [2.75, 3.05) is 9.44 Å². The Morgan fingerprint density at radius 1 is 0.718 bits per heavy atom. The molecule has 3 N–H and O–H groups in total. The first-order chi connectivity index (χ1) is 18.3. The van der Waals surface area contributed by atoms with Crippen molar-refractivity contribution < 1.29 is 26.7 Å². The summed E-state index contributed by atoms with van der Waals surface area (Å²) in [5, 5.41) is 11.7. The van der Waals surface area contributed by atoms with Crippen LogP contribution in [-0.4, -0.2) is 27.7 Å². The van der Waals surface area contributed by atoms with Gasteiger partial charge in [0.05, 0.1) is 26.7 Å². The molecule has 0 spiro atoms. The molecule has 0 aromatic heterocycles. The zero-order chi connectivity index (χ0) is 28.5. The maximum atomic E-state index is 13.4. The Balaban J connectivity index is 1.98. The van der Waals surface area contributed by atoms with E-state index in [4.69, 9.17) is 23.2 Å². The summed E-state index contributed by atoms with van der Waals surface area (Å²) >= 11 is 11.8. The van der Waals surface area contributed by atoms with Gasteiger partial charge in [-0.25, -0.2) is 16.8 Å². The molecular formula is C27H22Cl2N2O6S2. The van der Waals surface area contributed by atoms with Gasteiger partial charge >= 0.3 is 0 Å². The van der Waals surface area contributed by atoms with E-state index >= 15 is 0 Å². The summed E-state index contributed by atoms with van der Waals surface area (Å²) in [6.45, 7) is 2.49. The summed E-state index contributed by atoms with van der Waals surface area (Å²) in [5.74, 6) is -0.944. The van der Waals surface area contributed by atoms with Crippen molar-refractivity contribution in [3.05, 3.63) is 100 Å². The summed E-state index contributed by atoms with van der Waals surface area (Å²) in [6.07, 6.45) is 0. The maximum Gasteiger partial charge on any atom is 0.261 e. The molecule has 4 aromatic rings. The van der Waals surface area contributed by atoms with Gasteiger partial charge in [0.1, 0.15) is 5.76 Å². The molecular weight excluding hydrogens is 583 g/mol. The van der Waals surface area contributed by atoms with Gasteiger partial charge in [-0.15, -0.1) is 0 Å². The number of carbonyl (C=O) groups excluding carboxylic acids is 1. The number of allylic oxidation sites excluding steroid dienone is 2. The molecule has 0 saturated carbocycles. The van der Waals surface area contributed by atoms with Gasteiger partial charge in [-0.3, -0.25) is 14.2 Å². The summed E-state index contributed by atoms with van der Waals surface area (Å²) in [4.78, 5) is 12.5. The lowest BCUT2D eigenvalue weighted by atomic mass is 9.94. The summed E-state index contributed by atoms with van der Waals surface area (Å²) in [5.41, 5.74) is -0.173. The zero-order valence-corrected chi connectivity index (χ0v) is 23.7. The smallest absolute Gasteiger partial charge is 0.261 e. The van der Waals surface area contributed by atoms with E-state index in [1.165, 1.54) is 68.4 Å². The minimum Gasteiger partial charge on any atom is -0.512 e. The van der Waals surface area contributed by atoms with Crippen LogP contribution in [0.5, 0.6) is 0 Å². The second-order valence-corrected chi connectivity index (χ2v) is 12.8. The van der Waals surface area contributed by atoms with E-state index in [2.05, 4.69) is 9.44 Å². The van der Waals surface area contributed by atoms with E-state index in [-0.39, 0.29) is 43.4 Å².